The Hall–Kier alpha value is -1.06. The summed E-state index contributed by atoms with van der Waals surface area (Å²) in [6.45, 7) is 3.90. The minimum atomic E-state index is 0.0347. The molecule has 116 valence electrons. The molecule has 0 aliphatic carbocycles. The highest BCUT2D eigenvalue weighted by atomic mass is 35.5. The molecule has 0 atom stereocenters. The van der Waals surface area contributed by atoms with E-state index in [4.69, 9.17) is 11.6 Å². The average molecular weight is 310 g/mol. The summed E-state index contributed by atoms with van der Waals surface area (Å²) in [4.78, 5) is 14.2. The number of hydrogen-bond donors (Lipinski definition) is 1. The molecule has 1 aliphatic rings. The second-order valence-corrected chi connectivity index (χ2v) is 6.46. The second-order valence-electron chi connectivity index (χ2n) is 6.02. The van der Waals surface area contributed by atoms with Crippen LogP contribution in [0.3, 0.4) is 0 Å². The number of carbonyl (C=O) groups is 1. The van der Waals surface area contributed by atoms with Gasteiger partial charge < -0.3 is 10.0 Å². The predicted molar refractivity (Wildman–Crippen MR) is 85.4 cm³/mol. The minimum Gasteiger partial charge on any atom is -0.396 e. The SMILES string of the molecule is CCC1(CO)CCN(C(=O)CCc2ccc(Cl)cc2)CC1. The van der Waals surface area contributed by atoms with Crippen molar-refractivity contribution in [2.45, 2.75) is 39.0 Å². The largest absolute Gasteiger partial charge is 0.396 e. The van der Waals surface area contributed by atoms with Crippen LogP contribution in [0.1, 0.15) is 38.2 Å². The number of benzene rings is 1. The zero-order chi connectivity index (χ0) is 15.3. The number of hydrogen-bond acceptors (Lipinski definition) is 2. The first-order valence-electron chi connectivity index (χ1n) is 7.72. The molecule has 0 radical (unpaired) electrons. The Kier molecular flexibility index (Phi) is 5.65. The summed E-state index contributed by atoms with van der Waals surface area (Å²) in [5.41, 5.74) is 1.18. The molecule has 1 aromatic carbocycles. The molecule has 1 saturated heterocycles. The van der Waals surface area contributed by atoms with Gasteiger partial charge in [0.2, 0.25) is 5.91 Å². The lowest BCUT2D eigenvalue weighted by atomic mass is 9.77. The van der Waals surface area contributed by atoms with Gasteiger partial charge in [-0.1, -0.05) is 30.7 Å². The van der Waals surface area contributed by atoms with E-state index >= 15 is 0 Å². The van der Waals surface area contributed by atoms with Crippen LogP contribution in [0.5, 0.6) is 0 Å². The highest BCUT2D eigenvalue weighted by molar-refractivity contribution is 6.30. The van der Waals surface area contributed by atoms with Crippen LogP contribution in [0.25, 0.3) is 0 Å². The van der Waals surface area contributed by atoms with Gasteiger partial charge in [-0.25, -0.2) is 0 Å². The van der Waals surface area contributed by atoms with Gasteiger partial charge in [-0.2, -0.15) is 0 Å². The number of rotatable bonds is 5. The van der Waals surface area contributed by atoms with Crippen LogP contribution in [-0.2, 0) is 11.2 Å². The molecule has 0 bridgehead atoms. The van der Waals surface area contributed by atoms with Crippen molar-refractivity contribution in [3.63, 3.8) is 0 Å². The Labute approximate surface area is 131 Å². The molecule has 0 saturated carbocycles. The van der Waals surface area contributed by atoms with Crippen molar-refractivity contribution in [2.75, 3.05) is 19.7 Å². The van der Waals surface area contributed by atoms with Crippen LogP contribution in [0.2, 0.25) is 5.02 Å². The number of nitrogens with zero attached hydrogens (tertiary/aromatic N) is 1. The Bertz CT molecular complexity index is 458. The lowest BCUT2D eigenvalue weighted by molar-refractivity contribution is -0.134. The van der Waals surface area contributed by atoms with Crippen molar-refractivity contribution in [1.82, 2.24) is 4.90 Å². The number of aryl methyl sites for hydroxylation is 1. The number of carbonyl (C=O) groups excluding carboxylic acids is 1. The van der Waals surface area contributed by atoms with Gasteiger partial charge in [0.15, 0.2) is 0 Å². The number of amides is 1. The monoisotopic (exact) mass is 309 g/mol. The molecular formula is C17H24ClNO2. The molecular weight excluding hydrogens is 286 g/mol. The van der Waals surface area contributed by atoms with E-state index in [0.29, 0.717) is 6.42 Å². The van der Waals surface area contributed by atoms with Crippen LogP contribution in [0.4, 0.5) is 0 Å². The fourth-order valence-electron chi connectivity index (χ4n) is 2.91. The molecule has 1 amide bonds. The third-order valence-corrected chi connectivity index (χ3v) is 5.05. The van der Waals surface area contributed by atoms with E-state index in [0.717, 1.165) is 49.4 Å². The fraction of sp³-hybridized carbons (Fsp3) is 0.588. The molecule has 4 heteroatoms. The predicted octanol–water partition coefficient (Wildman–Crippen LogP) is 3.28. The van der Waals surface area contributed by atoms with Gasteiger partial charge in [0.1, 0.15) is 0 Å². The first-order chi connectivity index (χ1) is 10.1. The maximum atomic E-state index is 12.3. The van der Waals surface area contributed by atoms with Crippen LogP contribution < -0.4 is 0 Å². The Morgan fingerprint density at radius 2 is 1.90 bits per heavy atom. The van der Waals surface area contributed by atoms with Crippen molar-refractivity contribution >= 4 is 17.5 Å². The maximum absolute atomic E-state index is 12.3. The van der Waals surface area contributed by atoms with Gasteiger partial charge in [0, 0.05) is 31.1 Å². The van der Waals surface area contributed by atoms with E-state index in [9.17, 15) is 9.90 Å². The van der Waals surface area contributed by atoms with Gasteiger partial charge in [-0.05, 0) is 48.8 Å². The summed E-state index contributed by atoms with van der Waals surface area (Å²) in [5, 5.41) is 10.2. The van der Waals surface area contributed by atoms with E-state index in [2.05, 4.69) is 6.92 Å². The van der Waals surface area contributed by atoms with E-state index in [1.54, 1.807) is 0 Å². The lowest BCUT2D eigenvalue weighted by Crippen LogP contribution is -2.44. The summed E-state index contributed by atoms with van der Waals surface area (Å²) in [7, 11) is 0. The topological polar surface area (TPSA) is 40.5 Å². The second kappa shape index (κ2) is 7.28. The molecule has 0 spiro atoms. The molecule has 1 aromatic rings. The van der Waals surface area contributed by atoms with Gasteiger partial charge in [-0.15, -0.1) is 0 Å². The Morgan fingerprint density at radius 3 is 2.43 bits per heavy atom. The first-order valence-corrected chi connectivity index (χ1v) is 8.09. The Morgan fingerprint density at radius 1 is 1.29 bits per heavy atom. The van der Waals surface area contributed by atoms with E-state index in [1.165, 1.54) is 0 Å². The lowest BCUT2D eigenvalue weighted by Gasteiger charge is -2.40. The summed E-state index contributed by atoms with van der Waals surface area (Å²) >= 11 is 5.85. The van der Waals surface area contributed by atoms with Crippen LogP contribution >= 0.6 is 11.6 Å². The van der Waals surface area contributed by atoms with Crippen molar-refractivity contribution in [3.8, 4) is 0 Å². The van der Waals surface area contributed by atoms with Gasteiger partial charge >= 0.3 is 0 Å². The number of aliphatic hydroxyl groups is 1. The van der Waals surface area contributed by atoms with Crippen molar-refractivity contribution in [2.24, 2.45) is 5.41 Å². The standard InChI is InChI=1S/C17H24ClNO2/c1-2-17(13-20)9-11-19(12-10-17)16(21)8-5-14-3-6-15(18)7-4-14/h3-4,6-7,20H,2,5,8-13H2,1H3. The minimum absolute atomic E-state index is 0.0347. The highest BCUT2D eigenvalue weighted by Crippen LogP contribution is 2.34. The molecule has 1 aliphatic heterocycles. The number of likely N-dealkylation sites (tertiary alicyclic amines) is 1. The van der Waals surface area contributed by atoms with E-state index in [-0.39, 0.29) is 17.9 Å². The van der Waals surface area contributed by atoms with Crippen LogP contribution in [0, 0.1) is 5.41 Å². The quantitative estimate of drug-likeness (QED) is 0.906. The van der Waals surface area contributed by atoms with Crippen LogP contribution in [0.15, 0.2) is 24.3 Å². The summed E-state index contributed by atoms with van der Waals surface area (Å²) in [6, 6.07) is 7.66. The Balaban J connectivity index is 1.81. The molecule has 1 heterocycles. The summed E-state index contributed by atoms with van der Waals surface area (Å²) in [6.07, 6.45) is 4.10. The van der Waals surface area contributed by atoms with E-state index < -0.39 is 0 Å². The number of piperidine rings is 1. The zero-order valence-electron chi connectivity index (χ0n) is 12.6. The van der Waals surface area contributed by atoms with Gasteiger partial charge in [0.05, 0.1) is 0 Å². The summed E-state index contributed by atoms with van der Waals surface area (Å²) in [5.74, 6) is 0.215. The first kappa shape index (κ1) is 16.3. The molecule has 2 rings (SSSR count). The molecule has 1 fully saturated rings. The zero-order valence-corrected chi connectivity index (χ0v) is 13.4. The molecule has 3 nitrogen and oxygen atoms in total. The molecule has 0 unspecified atom stereocenters. The fourth-order valence-corrected chi connectivity index (χ4v) is 3.04. The molecule has 21 heavy (non-hydrogen) atoms. The normalized spacial score (nSPS) is 17.8. The number of aliphatic hydroxyl groups excluding tert-OH is 1. The van der Waals surface area contributed by atoms with Crippen molar-refractivity contribution < 1.29 is 9.90 Å². The third kappa shape index (κ3) is 4.21. The van der Waals surface area contributed by atoms with Crippen molar-refractivity contribution in [3.05, 3.63) is 34.9 Å². The molecule has 0 aromatic heterocycles. The maximum Gasteiger partial charge on any atom is 0.222 e. The van der Waals surface area contributed by atoms with Gasteiger partial charge in [-0.3, -0.25) is 4.79 Å². The average Bonchev–Trinajstić information content (AvgIpc) is 2.54. The smallest absolute Gasteiger partial charge is 0.222 e. The van der Waals surface area contributed by atoms with Gasteiger partial charge in [0.25, 0.3) is 0 Å². The molecule has 1 N–H and O–H groups in total. The van der Waals surface area contributed by atoms with Crippen LogP contribution in [-0.4, -0.2) is 35.6 Å². The summed E-state index contributed by atoms with van der Waals surface area (Å²) < 4.78 is 0. The third-order valence-electron chi connectivity index (χ3n) is 4.80. The van der Waals surface area contributed by atoms with E-state index in [1.807, 2.05) is 29.2 Å². The number of halogens is 1. The van der Waals surface area contributed by atoms with Crippen molar-refractivity contribution in [1.29, 1.82) is 0 Å². The highest BCUT2D eigenvalue weighted by Gasteiger charge is 2.33.